The van der Waals surface area contributed by atoms with Crippen LogP contribution in [0.2, 0.25) is 0 Å². The fourth-order valence-electron chi connectivity index (χ4n) is 3.55. The van der Waals surface area contributed by atoms with Crippen LogP contribution in [0.3, 0.4) is 0 Å². The molecule has 0 N–H and O–H groups in total. The van der Waals surface area contributed by atoms with E-state index in [-0.39, 0.29) is 17.6 Å². The molecule has 1 atom stereocenters. The minimum atomic E-state index is -0.362. The first kappa shape index (κ1) is 17.0. The van der Waals surface area contributed by atoms with Gasteiger partial charge in [0.1, 0.15) is 5.82 Å². The average molecular weight is 410 g/mol. The van der Waals surface area contributed by atoms with Crippen molar-refractivity contribution in [1.82, 2.24) is 0 Å². The van der Waals surface area contributed by atoms with Gasteiger partial charge in [0.2, 0.25) is 5.91 Å². The normalized spacial score (nSPS) is 16.0. The lowest BCUT2D eigenvalue weighted by atomic mass is 9.93. The number of halogens is 2. The largest absolute Gasteiger partial charge is 0.304 e. The molecule has 4 heteroatoms. The standard InChI is InChI=1S/C22H17BrFNO/c23-17-9-4-8-16(12-17)13-19-18-10-5-11-20(24)21(18)25(22(19)26)14-15-6-2-1-3-7-15/h1-12,19H,13-14H2. The SMILES string of the molecule is O=C1C(Cc2cccc(Br)c2)c2cccc(F)c2N1Cc1ccccc1. The van der Waals surface area contributed by atoms with Crippen LogP contribution in [0.1, 0.15) is 22.6 Å². The molecule has 1 unspecified atom stereocenters. The summed E-state index contributed by atoms with van der Waals surface area (Å²) in [6, 6.07) is 22.6. The Labute approximate surface area is 160 Å². The number of hydrogen-bond donors (Lipinski definition) is 0. The number of fused-ring (bicyclic) bond motifs is 1. The van der Waals surface area contributed by atoms with Crippen LogP contribution in [0.15, 0.2) is 77.3 Å². The monoisotopic (exact) mass is 409 g/mol. The molecule has 1 heterocycles. The first-order chi connectivity index (χ1) is 12.6. The smallest absolute Gasteiger partial charge is 0.235 e. The Hall–Kier alpha value is -2.46. The van der Waals surface area contributed by atoms with Gasteiger partial charge in [-0.1, -0.05) is 70.5 Å². The van der Waals surface area contributed by atoms with E-state index in [2.05, 4.69) is 15.9 Å². The van der Waals surface area contributed by atoms with Crippen LogP contribution in [0.25, 0.3) is 0 Å². The van der Waals surface area contributed by atoms with E-state index >= 15 is 0 Å². The maximum Gasteiger partial charge on any atom is 0.235 e. The van der Waals surface area contributed by atoms with E-state index in [1.807, 2.05) is 60.7 Å². The number of anilines is 1. The average Bonchev–Trinajstić information content (AvgIpc) is 2.90. The van der Waals surface area contributed by atoms with Gasteiger partial charge in [0.05, 0.1) is 18.2 Å². The van der Waals surface area contributed by atoms with Crippen molar-refractivity contribution in [2.45, 2.75) is 18.9 Å². The molecule has 0 fully saturated rings. The molecule has 4 rings (SSSR count). The van der Waals surface area contributed by atoms with Gasteiger partial charge >= 0.3 is 0 Å². The number of amides is 1. The van der Waals surface area contributed by atoms with Crippen molar-refractivity contribution in [3.8, 4) is 0 Å². The molecule has 3 aromatic carbocycles. The summed E-state index contributed by atoms with van der Waals surface area (Å²) < 4.78 is 15.6. The zero-order valence-corrected chi connectivity index (χ0v) is 15.6. The number of carbonyl (C=O) groups is 1. The van der Waals surface area contributed by atoms with Crippen LogP contribution in [-0.2, 0) is 17.8 Å². The molecule has 0 radical (unpaired) electrons. The van der Waals surface area contributed by atoms with E-state index in [0.717, 1.165) is 21.2 Å². The van der Waals surface area contributed by atoms with Gasteiger partial charge in [-0.25, -0.2) is 4.39 Å². The van der Waals surface area contributed by atoms with Crippen LogP contribution < -0.4 is 4.90 Å². The van der Waals surface area contributed by atoms with E-state index < -0.39 is 0 Å². The molecule has 0 saturated carbocycles. The predicted molar refractivity (Wildman–Crippen MR) is 105 cm³/mol. The molecule has 0 aliphatic carbocycles. The van der Waals surface area contributed by atoms with Crippen molar-refractivity contribution in [3.63, 3.8) is 0 Å². The van der Waals surface area contributed by atoms with Gasteiger partial charge in [-0.2, -0.15) is 0 Å². The van der Waals surface area contributed by atoms with Gasteiger partial charge in [0.25, 0.3) is 0 Å². The lowest BCUT2D eigenvalue weighted by Gasteiger charge is -2.18. The third-order valence-corrected chi connectivity index (χ3v) is 5.23. The van der Waals surface area contributed by atoms with Crippen LogP contribution >= 0.6 is 15.9 Å². The molecule has 2 nitrogen and oxygen atoms in total. The summed E-state index contributed by atoms with van der Waals surface area (Å²) in [5, 5.41) is 0. The quantitative estimate of drug-likeness (QED) is 0.559. The summed E-state index contributed by atoms with van der Waals surface area (Å²) in [5.41, 5.74) is 3.22. The number of benzene rings is 3. The summed E-state index contributed by atoms with van der Waals surface area (Å²) in [7, 11) is 0. The van der Waals surface area contributed by atoms with Gasteiger partial charge in [0.15, 0.2) is 0 Å². The van der Waals surface area contributed by atoms with Gasteiger partial charge < -0.3 is 4.90 Å². The Morgan fingerprint density at radius 1 is 0.923 bits per heavy atom. The molecule has 26 heavy (non-hydrogen) atoms. The molecular formula is C22H17BrFNO. The second-order valence-corrected chi connectivity index (χ2v) is 7.39. The van der Waals surface area contributed by atoms with Crippen molar-refractivity contribution >= 4 is 27.5 Å². The van der Waals surface area contributed by atoms with Gasteiger partial charge in [-0.3, -0.25) is 4.79 Å². The van der Waals surface area contributed by atoms with Crippen molar-refractivity contribution in [3.05, 3.63) is 99.8 Å². The summed E-state index contributed by atoms with van der Waals surface area (Å²) in [6.07, 6.45) is 0.556. The van der Waals surface area contributed by atoms with E-state index in [1.165, 1.54) is 6.07 Å². The lowest BCUT2D eigenvalue weighted by molar-refractivity contribution is -0.119. The molecule has 0 spiro atoms. The first-order valence-electron chi connectivity index (χ1n) is 8.51. The van der Waals surface area contributed by atoms with Crippen LogP contribution in [0, 0.1) is 5.82 Å². The third kappa shape index (κ3) is 3.17. The number of carbonyl (C=O) groups excluding carboxylic acids is 1. The van der Waals surface area contributed by atoms with Gasteiger partial charge in [0, 0.05) is 4.47 Å². The van der Waals surface area contributed by atoms with Crippen molar-refractivity contribution in [1.29, 1.82) is 0 Å². The maximum absolute atomic E-state index is 14.6. The molecule has 1 amide bonds. The van der Waals surface area contributed by atoms with E-state index in [0.29, 0.717) is 18.7 Å². The fourth-order valence-corrected chi connectivity index (χ4v) is 4.00. The number of hydrogen-bond acceptors (Lipinski definition) is 1. The van der Waals surface area contributed by atoms with E-state index in [9.17, 15) is 9.18 Å². The molecule has 3 aromatic rings. The van der Waals surface area contributed by atoms with Gasteiger partial charge in [-0.05, 0) is 41.3 Å². The molecule has 0 saturated heterocycles. The number of para-hydroxylation sites is 1. The Bertz CT molecular complexity index is 957. The highest BCUT2D eigenvalue weighted by molar-refractivity contribution is 9.10. The zero-order chi connectivity index (χ0) is 18.1. The summed E-state index contributed by atoms with van der Waals surface area (Å²) >= 11 is 3.47. The van der Waals surface area contributed by atoms with Gasteiger partial charge in [-0.15, -0.1) is 0 Å². The second kappa shape index (κ2) is 7.04. The van der Waals surface area contributed by atoms with Crippen molar-refractivity contribution in [2.75, 3.05) is 4.90 Å². The molecule has 130 valence electrons. The molecular weight excluding hydrogens is 393 g/mol. The minimum absolute atomic E-state index is 0.0473. The molecule has 0 aromatic heterocycles. The van der Waals surface area contributed by atoms with Crippen LogP contribution in [0.5, 0.6) is 0 Å². The Kier molecular flexibility index (Phi) is 4.60. The van der Waals surface area contributed by atoms with Crippen molar-refractivity contribution in [2.24, 2.45) is 0 Å². The fraction of sp³-hybridized carbons (Fsp3) is 0.136. The summed E-state index contributed by atoms with van der Waals surface area (Å²) in [5.74, 6) is -0.754. The molecule has 0 bridgehead atoms. The van der Waals surface area contributed by atoms with E-state index in [1.54, 1.807) is 11.0 Å². The highest BCUT2D eigenvalue weighted by Crippen LogP contribution is 2.41. The molecule has 1 aliphatic heterocycles. The third-order valence-electron chi connectivity index (χ3n) is 4.74. The molecule has 1 aliphatic rings. The highest BCUT2D eigenvalue weighted by Gasteiger charge is 2.39. The maximum atomic E-state index is 14.6. The minimum Gasteiger partial charge on any atom is -0.304 e. The predicted octanol–water partition coefficient (Wildman–Crippen LogP) is 5.46. The first-order valence-corrected chi connectivity index (χ1v) is 9.31. The number of rotatable bonds is 4. The van der Waals surface area contributed by atoms with Crippen LogP contribution in [0.4, 0.5) is 10.1 Å². The Balaban J connectivity index is 1.71. The van der Waals surface area contributed by atoms with Crippen molar-refractivity contribution < 1.29 is 9.18 Å². The Morgan fingerprint density at radius 3 is 2.42 bits per heavy atom. The van der Waals surface area contributed by atoms with E-state index in [4.69, 9.17) is 0 Å². The zero-order valence-electron chi connectivity index (χ0n) is 14.0. The number of nitrogens with zero attached hydrogens (tertiary/aromatic N) is 1. The second-order valence-electron chi connectivity index (χ2n) is 6.47. The summed E-state index contributed by atoms with van der Waals surface area (Å²) in [6.45, 7) is 0.378. The van der Waals surface area contributed by atoms with Crippen LogP contribution in [-0.4, -0.2) is 5.91 Å². The topological polar surface area (TPSA) is 20.3 Å². The lowest BCUT2D eigenvalue weighted by Crippen LogP contribution is -2.29. The Morgan fingerprint density at radius 2 is 1.65 bits per heavy atom. The summed E-state index contributed by atoms with van der Waals surface area (Å²) in [4.78, 5) is 14.7. The highest BCUT2D eigenvalue weighted by atomic mass is 79.9.